The highest BCUT2D eigenvalue weighted by Gasteiger charge is 2.29. The van der Waals surface area contributed by atoms with Gasteiger partial charge in [0.2, 0.25) is 5.91 Å². The summed E-state index contributed by atoms with van der Waals surface area (Å²) in [4.78, 5) is 25.6. The van der Waals surface area contributed by atoms with Crippen LogP contribution in [-0.2, 0) is 9.59 Å². The summed E-state index contributed by atoms with van der Waals surface area (Å²) >= 11 is 0. The number of carbonyl (C=O) groups is 2. The van der Waals surface area contributed by atoms with E-state index in [1.165, 1.54) is 0 Å². The van der Waals surface area contributed by atoms with Crippen molar-refractivity contribution < 1.29 is 23.8 Å². The number of amides is 2. The van der Waals surface area contributed by atoms with E-state index in [0.717, 1.165) is 48.4 Å². The maximum Gasteiger partial charge on any atom is 0.255 e. The van der Waals surface area contributed by atoms with E-state index >= 15 is 0 Å². The lowest BCUT2D eigenvalue weighted by Crippen LogP contribution is -2.28. The Labute approximate surface area is 181 Å². The van der Waals surface area contributed by atoms with E-state index in [1.54, 1.807) is 24.3 Å². The van der Waals surface area contributed by atoms with Crippen molar-refractivity contribution in [1.82, 2.24) is 4.90 Å². The fraction of sp³-hybridized carbons (Fsp3) is 0.333. The van der Waals surface area contributed by atoms with E-state index in [1.807, 2.05) is 35.2 Å². The minimum Gasteiger partial charge on any atom is -0.490 e. The van der Waals surface area contributed by atoms with Crippen molar-refractivity contribution in [1.29, 1.82) is 0 Å². The third kappa shape index (κ3) is 5.17. The molecule has 2 aliphatic rings. The summed E-state index contributed by atoms with van der Waals surface area (Å²) in [6, 6.07) is 13.1. The number of fused-ring (bicyclic) bond motifs is 1. The van der Waals surface area contributed by atoms with Gasteiger partial charge in [-0.15, -0.1) is 0 Å². The molecular weight excluding hydrogens is 396 g/mol. The Kier molecular flexibility index (Phi) is 6.40. The van der Waals surface area contributed by atoms with E-state index in [0.29, 0.717) is 19.0 Å². The second-order valence-electron chi connectivity index (χ2n) is 7.60. The van der Waals surface area contributed by atoms with Gasteiger partial charge in [-0.05, 0) is 54.3 Å². The van der Waals surface area contributed by atoms with Crippen molar-refractivity contribution in [3.8, 4) is 17.2 Å². The highest BCUT2D eigenvalue weighted by Crippen LogP contribution is 2.38. The van der Waals surface area contributed by atoms with E-state index in [9.17, 15) is 9.59 Å². The van der Waals surface area contributed by atoms with E-state index in [4.69, 9.17) is 19.9 Å². The Bertz CT molecular complexity index is 970. The zero-order valence-electron chi connectivity index (χ0n) is 17.3. The third-order valence-corrected chi connectivity index (χ3v) is 5.37. The van der Waals surface area contributed by atoms with Gasteiger partial charge in [0, 0.05) is 19.0 Å². The number of hydrogen-bond acceptors (Lipinski definition) is 5. The summed E-state index contributed by atoms with van der Waals surface area (Å²) < 4.78 is 16.8. The third-order valence-electron chi connectivity index (χ3n) is 5.37. The Morgan fingerprint density at radius 3 is 2.61 bits per heavy atom. The molecule has 0 saturated carbocycles. The largest absolute Gasteiger partial charge is 0.490 e. The van der Waals surface area contributed by atoms with Gasteiger partial charge in [0.15, 0.2) is 18.1 Å². The average molecular weight is 422 g/mol. The Morgan fingerprint density at radius 2 is 1.84 bits per heavy atom. The molecule has 2 heterocycles. The molecule has 2 amide bonds. The van der Waals surface area contributed by atoms with Crippen LogP contribution in [0.1, 0.15) is 36.4 Å². The Hall–Kier alpha value is -3.48. The van der Waals surface area contributed by atoms with Crippen molar-refractivity contribution in [2.45, 2.75) is 25.3 Å². The molecule has 0 radical (unpaired) electrons. The van der Waals surface area contributed by atoms with E-state index in [2.05, 4.69) is 0 Å². The number of ether oxygens (including phenoxy) is 3. The van der Waals surface area contributed by atoms with Crippen molar-refractivity contribution in [2.75, 3.05) is 26.4 Å². The molecule has 0 spiro atoms. The maximum absolute atomic E-state index is 12.9. The lowest BCUT2D eigenvalue weighted by atomic mass is 10.0. The van der Waals surface area contributed by atoms with Gasteiger partial charge in [-0.2, -0.15) is 0 Å². The monoisotopic (exact) mass is 422 g/mol. The van der Waals surface area contributed by atoms with Crippen LogP contribution in [0.2, 0.25) is 0 Å². The van der Waals surface area contributed by atoms with Gasteiger partial charge >= 0.3 is 0 Å². The number of nitrogens with zero attached hydrogens (tertiary/aromatic N) is 1. The average Bonchev–Trinajstić information content (AvgIpc) is 3.15. The Balaban J connectivity index is 1.42. The molecule has 1 atom stereocenters. The number of benzene rings is 2. The van der Waals surface area contributed by atoms with Crippen molar-refractivity contribution >= 4 is 17.9 Å². The zero-order chi connectivity index (χ0) is 21.6. The number of rotatable bonds is 6. The van der Waals surface area contributed by atoms with E-state index in [-0.39, 0.29) is 18.6 Å². The quantitative estimate of drug-likeness (QED) is 0.723. The highest BCUT2D eigenvalue weighted by atomic mass is 16.5. The molecule has 1 unspecified atom stereocenters. The smallest absolute Gasteiger partial charge is 0.255 e. The number of primary amides is 1. The lowest BCUT2D eigenvalue weighted by molar-refractivity contribution is -0.126. The van der Waals surface area contributed by atoms with Crippen LogP contribution >= 0.6 is 0 Å². The van der Waals surface area contributed by atoms with Crippen LogP contribution < -0.4 is 19.9 Å². The van der Waals surface area contributed by atoms with Gasteiger partial charge in [0.1, 0.15) is 5.75 Å². The van der Waals surface area contributed by atoms with Gasteiger partial charge in [0.25, 0.3) is 5.91 Å². The van der Waals surface area contributed by atoms with Crippen molar-refractivity contribution in [2.24, 2.45) is 5.73 Å². The molecule has 31 heavy (non-hydrogen) atoms. The predicted molar refractivity (Wildman–Crippen MR) is 116 cm³/mol. The summed E-state index contributed by atoms with van der Waals surface area (Å²) in [5.41, 5.74) is 7.01. The maximum atomic E-state index is 12.9. The topological polar surface area (TPSA) is 91.1 Å². The fourth-order valence-corrected chi connectivity index (χ4v) is 3.86. The molecule has 7 nitrogen and oxygen atoms in total. The van der Waals surface area contributed by atoms with Crippen LogP contribution in [0.15, 0.2) is 48.5 Å². The minimum atomic E-state index is -0.525. The van der Waals surface area contributed by atoms with Crippen LogP contribution in [0.5, 0.6) is 17.2 Å². The molecule has 2 aromatic rings. The molecule has 0 bridgehead atoms. The van der Waals surface area contributed by atoms with Crippen LogP contribution in [-0.4, -0.2) is 43.1 Å². The first kappa shape index (κ1) is 20.8. The summed E-state index contributed by atoms with van der Waals surface area (Å²) in [5, 5.41) is 0. The zero-order valence-corrected chi connectivity index (χ0v) is 17.3. The summed E-state index contributed by atoms with van der Waals surface area (Å²) in [6.07, 6.45) is 6.13. The van der Waals surface area contributed by atoms with Crippen LogP contribution in [0.3, 0.4) is 0 Å². The highest BCUT2D eigenvalue weighted by molar-refractivity contribution is 5.92. The number of likely N-dealkylation sites (tertiary alicyclic amines) is 1. The first-order valence-corrected chi connectivity index (χ1v) is 10.5. The van der Waals surface area contributed by atoms with Crippen LogP contribution in [0, 0.1) is 0 Å². The molecule has 2 aromatic carbocycles. The molecule has 7 heteroatoms. The molecule has 4 rings (SSSR count). The fourth-order valence-electron chi connectivity index (χ4n) is 3.86. The van der Waals surface area contributed by atoms with Gasteiger partial charge < -0.3 is 24.8 Å². The Morgan fingerprint density at radius 1 is 1.06 bits per heavy atom. The second-order valence-corrected chi connectivity index (χ2v) is 7.60. The first-order valence-electron chi connectivity index (χ1n) is 10.5. The molecule has 0 aliphatic carbocycles. The number of nitrogens with two attached hydrogens (primary N) is 1. The van der Waals surface area contributed by atoms with Gasteiger partial charge in [-0.3, -0.25) is 9.59 Å². The molecule has 1 saturated heterocycles. The normalized spacial score (nSPS) is 18.1. The summed E-state index contributed by atoms with van der Waals surface area (Å²) in [5.74, 6) is 1.52. The molecule has 1 fully saturated rings. The molecule has 162 valence electrons. The molecule has 0 aromatic heterocycles. The number of carbonyl (C=O) groups excluding carboxylic acids is 2. The molecule has 2 aliphatic heterocycles. The van der Waals surface area contributed by atoms with Crippen molar-refractivity contribution in [3.63, 3.8) is 0 Å². The minimum absolute atomic E-state index is 0.0244. The SMILES string of the molecule is NC(=O)COc1ccc(/C=C/C(=O)N2CCCC2c2ccc3c(c2)OCCCO3)cc1. The lowest BCUT2D eigenvalue weighted by Gasteiger charge is -2.24. The molecular formula is C24H26N2O5. The standard InChI is InChI=1S/C24H26N2O5/c25-23(27)16-31-19-8-4-17(5-9-19)6-11-24(28)26-12-1-3-20(26)18-7-10-21-22(15-18)30-14-2-13-29-21/h4-11,15,20H,1-3,12-14,16H2,(H2,25,27)/b11-6+. The molecule has 2 N–H and O–H groups in total. The van der Waals surface area contributed by atoms with Gasteiger partial charge in [-0.1, -0.05) is 18.2 Å². The van der Waals surface area contributed by atoms with Gasteiger partial charge in [0.05, 0.1) is 19.3 Å². The van der Waals surface area contributed by atoms with Crippen LogP contribution in [0.4, 0.5) is 0 Å². The first-order chi connectivity index (χ1) is 15.1. The number of hydrogen-bond donors (Lipinski definition) is 1. The van der Waals surface area contributed by atoms with Crippen LogP contribution in [0.25, 0.3) is 6.08 Å². The van der Waals surface area contributed by atoms with Gasteiger partial charge in [-0.25, -0.2) is 0 Å². The predicted octanol–water partition coefficient (Wildman–Crippen LogP) is 3.09. The second kappa shape index (κ2) is 9.55. The van der Waals surface area contributed by atoms with E-state index < -0.39 is 5.91 Å². The van der Waals surface area contributed by atoms with Crippen molar-refractivity contribution in [3.05, 3.63) is 59.7 Å². The summed E-state index contributed by atoms with van der Waals surface area (Å²) in [6.45, 7) is 1.86. The summed E-state index contributed by atoms with van der Waals surface area (Å²) in [7, 11) is 0.